The summed E-state index contributed by atoms with van der Waals surface area (Å²) in [4.78, 5) is 7.76. The Morgan fingerprint density at radius 3 is 2.52 bits per heavy atom. The van der Waals surface area contributed by atoms with Gasteiger partial charge in [0.2, 0.25) is 0 Å². The van der Waals surface area contributed by atoms with Crippen molar-refractivity contribution in [2.45, 2.75) is 20.8 Å². The van der Waals surface area contributed by atoms with E-state index in [2.05, 4.69) is 40.2 Å². The molecule has 2 aromatic heterocycles. The fourth-order valence-corrected chi connectivity index (χ4v) is 3.18. The SMILES string of the molecule is Cc1ccc(-n2nc(C)c(/C=C(/C#N)c3nc4ccccc4[nH]3)c2C)cc1. The van der Waals surface area contributed by atoms with Gasteiger partial charge in [-0.3, -0.25) is 0 Å². The number of hydrogen-bond donors (Lipinski definition) is 1. The molecule has 0 aliphatic rings. The monoisotopic (exact) mass is 353 g/mol. The van der Waals surface area contributed by atoms with Crippen LogP contribution in [0.4, 0.5) is 0 Å². The zero-order valence-electron chi connectivity index (χ0n) is 15.5. The van der Waals surface area contributed by atoms with E-state index >= 15 is 0 Å². The summed E-state index contributed by atoms with van der Waals surface area (Å²) in [5.74, 6) is 0.570. The van der Waals surface area contributed by atoms with E-state index in [4.69, 9.17) is 0 Å². The highest BCUT2D eigenvalue weighted by atomic mass is 15.3. The lowest BCUT2D eigenvalue weighted by Crippen LogP contribution is -1.99. The smallest absolute Gasteiger partial charge is 0.149 e. The second kappa shape index (κ2) is 6.58. The predicted octanol–water partition coefficient (Wildman–Crippen LogP) is 4.74. The second-order valence-corrected chi connectivity index (χ2v) is 6.60. The molecule has 0 aliphatic carbocycles. The van der Waals surface area contributed by atoms with Crippen molar-refractivity contribution >= 4 is 22.7 Å². The number of aryl methyl sites for hydroxylation is 2. The Morgan fingerprint density at radius 1 is 1.07 bits per heavy atom. The molecule has 27 heavy (non-hydrogen) atoms. The number of para-hydroxylation sites is 2. The minimum absolute atomic E-state index is 0.487. The third-order valence-electron chi connectivity index (χ3n) is 4.68. The van der Waals surface area contributed by atoms with Gasteiger partial charge in [0.1, 0.15) is 11.9 Å². The van der Waals surface area contributed by atoms with Crippen LogP contribution in [-0.4, -0.2) is 19.7 Å². The molecule has 2 aromatic carbocycles. The predicted molar refractivity (Wildman–Crippen MR) is 107 cm³/mol. The number of imidazole rings is 1. The van der Waals surface area contributed by atoms with Gasteiger partial charge in [-0.1, -0.05) is 29.8 Å². The molecule has 1 N–H and O–H groups in total. The summed E-state index contributed by atoms with van der Waals surface area (Å²) in [5, 5.41) is 14.4. The number of nitrogens with one attached hydrogen (secondary N) is 1. The maximum Gasteiger partial charge on any atom is 0.149 e. The van der Waals surface area contributed by atoms with Crippen molar-refractivity contribution in [2.75, 3.05) is 0 Å². The highest BCUT2D eigenvalue weighted by Crippen LogP contribution is 2.24. The van der Waals surface area contributed by atoms with E-state index in [9.17, 15) is 5.26 Å². The van der Waals surface area contributed by atoms with Crippen LogP contribution in [0.5, 0.6) is 0 Å². The van der Waals surface area contributed by atoms with Crippen LogP contribution < -0.4 is 0 Å². The van der Waals surface area contributed by atoms with Crippen molar-refractivity contribution in [1.82, 2.24) is 19.7 Å². The Morgan fingerprint density at radius 2 is 1.81 bits per heavy atom. The standard InChI is InChI=1S/C22H19N5/c1-14-8-10-18(11-9-14)27-16(3)19(15(2)26-27)12-17(13-23)22-24-20-6-4-5-7-21(20)25-22/h4-12H,1-3H3,(H,24,25)/b17-12-. The quantitative estimate of drug-likeness (QED) is 0.541. The van der Waals surface area contributed by atoms with Crippen LogP contribution in [0.25, 0.3) is 28.4 Å². The summed E-state index contributed by atoms with van der Waals surface area (Å²) < 4.78 is 1.91. The summed E-state index contributed by atoms with van der Waals surface area (Å²) in [6, 6.07) is 18.3. The fraction of sp³-hybridized carbons (Fsp3) is 0.136. The number of nitriles is 1. The number of hydrogen-bond acceptors (Lipinski definition) is 3. The molecule has 4 rings (SSSR count). The number of aromatic amines is 1. The van der Waals surface area contributed by atoms with Gasteiger partial charge in [-0.25, -0.2) is 9.67 Å². The lowest BCUT2D eigenvalue weighted by atomic mass is 10.1. The van der Waals surface area contributed by atoms with Gasteiger partial charge in [-0.2, -0.15) is 10.4 Å². The van der Waals surface area contributed by atoms with E-state index in [0.717, 1.165) is 33.7 Å². The van der Waals surface area contributed by atoms with Gasteiger partial charge in [0, 0.05) is 11.3 Å². The molecule has 0 amide bonds. The molecule has 132 valence electrons. The van der Waals surface area contributed by atoms with E-state index in [-0.39, 0.29) is 0 Å². The molecular formula is C22H19N5. The van der Waals surface area contributed by atoms with Gasteiger partial charge < -0.3 is 4.98 Å². The van der Waals surface area contributed by atoms with E-state index in [0.29, 0.717) is 11.4 Å². The van der Waals surface area contributed by atoms with Gasteiger partial charge in [0.25, 0.3) is 0 Å². The van der Waals surface area contributed by atoms with E-state index in [1.807, 2.05) is 61.0 Å². The number of benzene rings is 2. The van der Waals surface area contributed by atoms with Crippen LogP contribution in [0.3, 0.4) is 0 Å². The van der Waals surface area contributed by atoms with Crippen LogP contribution in [0, 0.1) is 32.1 Å². The number of fused-ring (bicyclic) bond motifs is 1. The average molecular weight is 353 g/mol. The van der Waals surface area contributed by atoms with Crippen molar-refractivity contribution in [3.8, 4) is 11.8 Å². The molecule has 5 nitrogen and oxygen atoms in total. The van der Waals surface area contributed by atoms with Crippen LogP contribution in [0.2, 0.25) is 0 Å². The van der Waals surface area contributed by atoms with Gasteiger partial charge in [-0.05, 0) is 51.1 Å². The molecule has 0 spiro atoms. The van der Waals surface area contributed by atoms with Crippen LogP contribution in [0.1, 0.15) is 28.3 Å². The molecule has 0 saturated heterocycles. The fourth-order valence-electron chi connectivity index (χ4n) is 3.18. The average Bonchev–Trinajstić information content (AvgIpc) is 3.22. The van der Waals surface area contributed by atoms with Crippen LogP contribution >= 0.6 is 0 Å². The van der Waals surface area contributed by atoms with Crippen molar-refractivity contribution < 1.29 is 0 Å². The Labute approximate surface area is 157 Å². The Hall–Kier alpha value is -3.65. The molecule has 0 unspecified atom stereocenters. The lowest BCUT2D eigenvalue weighted by Gasteiger charge is -2.05. The van der Waals surface area contributed by atoms with Gasteiger partial charge in [0.15, 0.2) is 0 Å². The van der Waals surface area contributed by atoms with Crippen molar-refractivity contribution in [3.63, 3.8) is 0 Å². The van der Waals surface area contributed by atoms with Crippen molar-refractivity contribution in [1.29, 1.82) is 5.26 Å². The zero-order valence-corrected chi connectivity index (χ0v) is 15.5. The minimum Gasteiger partial charge on any atom is -0.337 e. The summed E-state index contributed by atoms with van der Waals surface area (Å²) in [5.41, 5.74) is 7.25. The lowest BCUT2D eigenvalue weighted by molar-refractivity contribution is 0.833. The minimum atomic E-state index is 0.487. The summed E-state index contributed by atoms with van der Waals surface area (Å²) >= 11 is 0. The number of nitrogens with zero attached hydrogens (tertiary/aromatic N) is 4. The van der Waals surface area contributed by atoms with Gasteiger partial charge >= 0.3 is 0 Å². The van der Waals surface area contributed by atoms with E-state index in [1.165, 1.54) is 5.56 Å². The Bertz CT molecular complexity index is 1170. The van der Waals surface area contributed by atoms with Crippen LogP contribution in [-0.2, 0) is 0 Å². The number of aromatic nitrogens is 4. The number of rotatable bonds is 3. The number of H-pyrrole nitrogens is 1. The molecular weight excluding hydrogens is 334 g/mol. The Kier molecular flexibility index (Phi) is 4.09. The maximum absolute atomic E-state index is 9.70. The molecule has 0 radical (unpaired) electrons. The second-order valence-electron chi connectivity index (χ2n) is 6.60. The van der Waals surface area contributed by atoms with Crippen LogP contribution in [0.15, 0.2) is 48.5 Å². The number of allylic oxidation sites excluding steroid dienone is 1. The molecule has 0 fully saturated rings. The molecule has 2 heterocycles. The molecule has 0 bridgehead atoms. The highest BCUT2D eigenvalue weighted by Gasteiger charge is 2.14. The Balaban J connectivity index is 1.80. The maximum atomic E-state index is 9.70. The molecule has 5 heteroatoms. The zero-order chi connectivity index (χ0) is 19.0. The van der Waals surface area contributed by atoms with Crippen molar-refractivity contribution in [3.05, 3.63) is 76.9 Å². The first-order valence-corrected chi connectivity index (χ1v) is 8.77. The normalized spacial score (nSPS) is 11.7. The topological polar surface area (TPSA) is 70.3 Å². The highest BCUT2D eigenvalue weighted by molar-refractivity contribution is 5.91. The van der Waals surface area contributed by atoms with E-state index < -0.39 is 0 Å². The van der Waals surface area contributed by atoms with E-state index in [1.54, 1.807) is 0 Å². The van der Waals surface area contributed by atoms with Crippen molar-refractivity contribution in [2.24, 2.45) is 0 Å². The largest absolute Gasteiger partial charge is 0.337 e. The van der Waals surface area contributed by atoms with Gasteiger partial charge in [0.05, 0.1) is 28.0 Å². The third kappa shape index (κ3) is 3.02. The van der Waals surface area contributed by atoms with Gasteiger partial charge in [-0.15, -0.1) is 0 Å². The molecule has 0 atom stereocenters. The summed E-state index contributed by atoms with van der Waals surface area (Å²) in [6.45, 7) is 6.03. The molecule has 4 aromatic rings. The first-order chi connectivity index (χ1) is 13.1. The third-order valence-corrected chi connectivity index (χ3v) is 4.68. The molecule has 0 aliphatic heterocycles. The summed E-state index contributed by atoms with van der Waals surface area (Å²) in [7, 11) is 0. The first kappa shape index (κ1) is 16.8. The summed E-state index contributed by atoms with van der Waals surface area (Å²) in [6.07, 6.45) is 1.86. The molecule has 0 saturated carbocycles. The first-order valence-electron chi connectivity index (χ1n) is 8.77.